The van der Waals surface area contributed by atoms with Crippen LogP contribution in [0.1, 0.15) is 48.0 Å². The van der Waals surface area contributed by atoms with Gasteiger partial charge in [-0.1, -0.05) is 0 Å². The van der Waals surface area contributed by atoms with Crippen molar-refractivity contribution in [3.05, 3.63) is 43.6 Å². The minimum Gasteiger partial charge on any atom is -0.335 e. The summed E-state index contributed by atoms with van der Waals surface area (Å²) in [6.45, 7) is 12.0. The molecule has 0 heterocycles. The monoisotopic (exact) mass is 334 g/mol. The molecule has 0 atom stereocenters. The summed E-state index contributed by atoms with van der Waals surface area (Å²) in [5.41, 5.74) is 0. The Morgan fingerprint density at radius 2 is 1.20 bits per heavy atom. The first kappa shape index (κ1) is 24.9. The molecular weight excluding hydrogens is 308 g/mol. The second kappa shape index (κ2) is 36.4. The van der Waals surface area contributed by atoms with Crippen molar-refractivity contribution in [1.29, 1.82) is 0 Å². The largest absolute Gasteiger partial charge is 4.00 e. The normalized spacial score (nSPS) is 9.47. The van der Waals surface area contributed by atoms with Gasteiger partial charge in [0.1, 0.15) is 0 Å². The Morgan fingerprint density at radius 3 is 1.27 bits per heavy atom. The molecule has 0 saturated carbocycles. The second-order valence-corrected chi connectivity index (χ2v) is 2.74. The Kier molecular flexibility index (Phi) is 60.4. The van der Waals surface area contributed by atoms with E-state index >= 15 is 0 Å². The minimum atomic E-state index is 0. The van der Waals surface area contributed by atoms with E-state index in [1.807, 2.05) is 73.0 Å². The van der Waals surface area contributed by atoms with Crippen LogP contribution in [0.2, 0.25) is 0 Å². The van der Waals surface area contributed by atoms with Crippen LogP contribution in [0.15, 0.2) is 18.2 Å². The molecule has 0 bridgehead atoms. The second-order valence-electron chi connectivity index (χ2n) is 2.74. The average molecular weight is 334 g/mol. The van der Waals surface area contributed by atoms with E-state index in [0.717, 1.165) is 6.42 Å². The molecule has 0 spiro atoms. The Balaban J connectivity index is -0.0000000550. The molecule has 0 aromatic heterocycles. The zero-order chi connectivity index (χ0) is 11.7. The van der Waals surface area contributed by atoms with E-state index in [9.17, 15) is 0 Å². The average Bonchev–Trinajstić information content (AvgIpc) is 2.63. The summed E-state index contributed by atoms with van der Waals surface area (Å²) < 4.78 is 0. The molecule has 0 aromatic carbocycles. The summed E-state index contributed by atoms with van der Waals surface area (Å²) in [6.07, 6.45) is 16.0. The van der Waals surface area contributed by atoms with E-state index < -0.39 is 0 Å². The fourth-order valence-electron chi connectivity index (χ4n) is 0.340. The van der Waals surface area contributed by atoms with Gasteiger partial charge in [0.15, 0.2) is 0 Å². The van der Waals surface area contributed by atoms with Crippen LogP contribution in [-0.4, -0.2) is 0 Å². The quantitative estimate of drug-likeness (QED) is 0.547. The van der Waals surface area contributed by atoms with Crippen LogP contribution in [0, 0.1) is 67.1 Å². The molecule has 0 aromatic rings. The maximum atomic E-state index is 2.99. The minimum absolute atomic E-state index is 0. The maximum absolute atomic E-state index is 2.99. The smallest absolute Gasteiger partial charge is 0.335 e. The molecule has 0 unspecified atom stereocenters. The van der Waals surface area contributed by atoms with Gasteiger partial charge in [-0.05, 0) is 0 Å². The van der Waals surface area contributed by atoms with E-state index in [4.69, 9.17) is 0 Å². The standard InChI is InChI=1S/C5H5.3C3H7.Ce/c1-2-4-5-3-1;3*1-3-2;/h1-3H,4H2;3*3H,1-2H3;/q4*-1;+4. The summed E-state index contributed by atoms with van der Waals surface area (Å²) in [5, 5.41) is 0. The van der Waals surface area contributed by atoms with Gasteiger partial charge in [-0.2, -0.15) is 47.6 Å². The molecule has 86 valence electrons. The third kappa shape index (κ3) is 71.6. The first-order valence-electron chi connectivity index (χ1n) is 5.18. The number of allylic oxidation sites excluding steroid dienone is 4. The molecule has 15 heavy (non-hydrogen) atoms. The molecule has 0 fully saturated rings. The van der Waals surface area contributed by atoms with E-state index in [0.29, 0.717) is 0 Å². The fourth-order valence-corrected chi connectivity index (χ4v) is 0.340. The van der Waals surface area contributed by atoms with E-state index in [1.165, 1.54) is 0 Å². The van der Waals surface area contributed by atoms with Crippen LogP contribution >= 0.6 is 0 Å². The summed E-state index contributed by atoms with van der Waals surface area (Å²) in [6, 6.07) is 0. The van der Waals surface area contributed by atoms with Gasteiger partial charge in [-0.25, -0.2) is 12.2 Å². The van der Waals surface area contributed by atoms with Gasteiger partial charge in [0.2, 0.25) is 0 Å². The van der Waals surface area contributed by atoms with Crippen molar-refractivity contribution in [3.8, 4) is 0 Å². The van der Waals surface area contributed by atoms with E-state index in [1.54, 1.807) is 0 Å². The summed E-state index contributed by atoms with van der Waals surface area (Å²) in [4.78, 5) is 0. The Bertz CT molecular complexity index is 89.2. The van der Waals surface area contributed by atoms with Crippen LogP contribution in [0.3, 0.4) is 0 Å². The van der Waals surface area contributed by atoms with Crippen molar-refractivity contribution in [2.24, 2.45) is 0 Å². The first-order chi connectivity index (χ1) is 6.74. The van der Waals surface area contributed by atoms with Gasteiger partial charge in [0.05, 0.1) is 0 Å². The van der Waals surface area contributed by atoms with Crippen LogP contribution in [-0.2, 0) is 0 Å². The molecule has 0 amide bonds. The molecule has 0 aliphatic heterocycles. The SMILES string of the molecule is C[CH-]C.C[CH-]C.C[CH-]C.[C-]1=CC=CC1.[Ce+4]. The Morgan fingerprint density at radius 1 is 0.867 bits per heavy atom. The summed E-state index contributed by atoms with van der Waals surface area (Å²) >= 11 is 0. The zero-order valence-electron chi connectivity index (χ0n) is 11.2. The van der Waals surface area contributed by atoms with Gasteiger partial charge >= 0.3 is 41.7 Å². The van der Waals surface area contributed by atoms with Gasteiger partial charge < -0.3 is 19.3 Å². The van der Waals surface area contributed by atoms with Crippen molar-refractivity contribution in [2.45, 2.75) is 48.0 Å². The van der Waals surface area contributed by atoms with Crippen LogP contribution in [0.4, 0.5) is 0 Å². The predicted octanol–water partition coefficient (Wildman–Crippen LogP) is 5.00. The molecule has 0 radical (unpaired) electrons. The Hall–Kier alpha value is 0.857. The van der Waals surface area contributed by atoms with E-state index in [-0.39, 0.29) is 41.7 Å². The molecule has 0 nitrogen and oxygen atoms in total. The Labute approximate surface area is 132 Å². The van der Waals surface area contributed by atoms with Gasteiger partial charge in [0, 0.05) is 0 Å². The molecule has 1 rings (SSSR count). The third-order valence-electron chi connectivity index (χ3n) is 0.586. The van der Waals surface area contributed by atoms with Crippen LogP contribution in [0.5, 0.6) is 0 Å². The van der Waals surface area contributed by atoms with Crippen LogP contribution < -0.4 is 0 Å². The van der Waals surface area contributed by atoms with Gasteiger partial charge in [-0.3, -0.25) is 6.08 Å². The summed E-state index contributed by atoms with van der Waals surface area (Å²) in [5.74, 6) is 0. The van der Waals surface area contributed by atoms with Crippen LogP contribution in [0.25, 0.3) is 0 Å². The van der Waals surface area contributed by atoms with E-state index in [2.05, 4.69) is 12.2 Å². The van der Waals surface area contributed by atoms with Crippen molar-refractivity contribution in [2.75, 3.05) is 0 Å². The van der Waals surface area contributed by atoms with Gasteiger partial charge in [-0.15, -0.1) is 6.42 Å². The third-order valence-corrected chi connectivity index (χ3v) is 0.586. The topological polar surface area (TPSA) is 0 Å². The van der Waals surface area contributed by atoms with Crippen molar-refractivity contribution >= 4 is 0 Å². The molecule has 0 saturated heterocycles. The zero-order valence-corrected chi connectivity index (χ0v) is 14.3. The predicted molar refractivity (Wildman–Crippen MR) is 68.5 cm³/mol. The number of hydrogen-bond donors (Lipinski definition) is 0. The molecule has 1 aliphatic carbocycles. The van der Waals surface area contributed by atoms with Gasteiger partial charge in [0.25, 0.3) is 0 Å². The molecule has 1 aliphatic rings. The molecular formula is C14H26Ce. The van der Waals surface area contributed by atoms with Crippen molar-refractivity contribution in [3.63, 3.8) is 0 Å². The summed E-state index contributed by atoms with van der Waals surface area (Å²) in [7, 11) is 0. The number of rotatable bonds is 0. The molecule has 1 heteroatoms. The fraction of sp³-hybridized carbons (Fsp3) is 0.500. The maximum Gasteiger partial charge on any atom is 4.00 e. The first-order valence-corrected chi connectivity index (χ1v) is 5.18. The van der Waals surface area contributed by atoms with Crippen molar-refractivity contribution < 1.29 is 41.7 Å². The number of hydrogen-bond acceptors (Lipinski definition) is 0. The molecule has 0 N–H and O–H groups in total. The van der Waals surface area contributed by atoms with Crippen molar-refractivity contribution in [1.82, 2.24) is 0 Å².